The van der Waals surface area contributed by atoms with Crippen LogP contribution < -0.4 is 19.5 Å². The molecule has 1 saturated heterocycles. The van der Waals surface area contributed by atoms with Crippen molar-refractivity contribution in [2.45, 2.75) is 31.5 Å². The van der Waals surface area contributed by atoms with Crippen LogP contribution in [0.25, 0.3) is 0 Å². The molecule has 1 aliphatic carbocycles. The quantitative estimate of drug-likeness (QED) is 0.761. The number of hydrogen-bond donors (Lipinski definition) is 1. The third kappa shape index (κ3) is 4.22. The van der Waals surface area contributed by atoms with Crippen molar-refractivity contribution in [1.29, 1.82) is 0 Å². The summed E-state index contributed by atoms with van der Waals surface area (Å²) in [6, 6.07) is 13.7. The van der Waals surface area contributed by atoms with E-state index in [0.29, 0.717) is 17.4 Å². The molecule has 1 amide bonds. The highest BCUT2D eigenvalue weighted by molar-refractivity contribution is 5.97. The maximum absolute atomic E-state index is 12.4. The Balaban J connectivity index is 1.33. The van der Waals surface area contributed by atoms with Gasteiger partial charge in [-0.05, 0) is 31.0 Å². The van der Waals surface area contributed by atoms with Gasteiger partial charge in [-0.3, -0.25) is 9.69 Å². The highest BCUT2D eigenvalue weighted by Gasteiger charge is 2.31. The Labute approximate surface area is 165 Å². The van der Waals surface area contributed by atoms with Gasteiger partial charge in [-0.25, -0.2) is 0 Å². The number of rotatable bonds is 8. The number of para-hydroxylation sites is 1. The molecule has 0 atom stereocenters. The van der Waals surface area contributed by atoms with Gasteiger partial charge in [-0.15, -0.1) is 0 Å². The first-order valence-electron chi connectivity index (χ1n) is 9.66. The van der Waals surface area contributed by atoms with Gasteiger partial charge < -0.3 is 19.5 Å². The summed E-state index contributed by atoms with van der Waals surface area (Å²) in [5.41, 5.74) is 1.73. The Kier molecular flexibility index (Phi) is 5.39. The van der Waals surface area contributed by atoms with E-state index in [-0.39, 0.29) is 12.0 Å². The number of nitrogens with one attached hydrogen (secondary N) is 1. The fourth-order valence-corrected chi connectivity index (χ4v) is 3.38. The number of carbonyl (C=O) groups is 1. The zero-order valence-corrected chi connectivity index (χ0v) is 16.3. The van der Waals surface area contributed by atoms with Crippen LogP contribution in [0.4, 0.5) is 0 Å². The molecule has 2 aromatic carbocycles. The number of nitrogens with zero attached hydrogens (tertiary/aromatic N) is 1. The number of likely N-dealkylation sites (tertiary alicyclic amines) is 1. The number of benzene rings is 2. The fraction of sp³-hybridized carbons (Fsp3) is 0.409. The Hall–Kier alpha value is -2.73. The molecule has 4 rings (SSSR count). The summed E-state index contributed by atoms with van der Waals surface area (Å²) in [6.07, 6.45) is 2.22. The maximum Gasteiger partial charge on any atom is 0.255 e. The Morgan fingerprint density at radius 3 is 2.57 bits per heavy atom. The van der Waals surface area contributed by atoms with E-state index in [0.717, 1.165) is 49.5 Å². The van der Waals surface area contributed by atoms with E-state index in [9.17, 15) is 4.79 Å². The summed E-state index contributed by atoms with van der Waals surface area (Å²) in [7, 11) is 3.32. The first kappa shape index (κ1) is 18.6. The van der Waals surface area contributed by atoms with Crippen LogP contribution in [0, 0.1) is 0 Å². The minimum Gasteiger partial charge on any atom is -0.497 e. The standard InChI is InChI=1S/C22H26N2O4/c1-26-17-10-7-15(21(11-17)27-2)12-24-13-18(14-24)28-20-6-4-3-5-19(20)22(25)23-16-8-9-16/h3-7,10-11,16,18H,8-9,12-14H2,1-2H3,(H,23,25). The van der Waals surface area contributed by atoms with Crippen molar-refractivity contribution in [2.75, 3.05) is 27.3 Å². The number of ether oxygens (including phenoxy) is 3. The van der Waals surface area contributed by atoms with E-state index in [1.54, 1.807) is 14.2 Å². The highest BCUT2D eigenvalue weighted by Crippen LogP contribution is 2.29. The van der Waals surface area contributed by atoms with Gasteiger partial charge in [0.15, 0.2) is 0 Å². The minimum atomic E-state index is -0.0442. The Bertz CT molecular complexity index is 844. The number of carbonyl (C=O) groups excluding carboxylic acids is 1. The molecule has 0 bridgehead atoms. The van der Waals surface area contributed by atoms with Crippen molar-refractivity contribution in [3.05, 3.63) is 53.6 Å². The lowest BCUT2D eigenvalue weighted by molar-refractivity contribution is 0.0136. The Morgan fingerprint density at radius 1 is 1.07 bits per heavy atom. The minimum absolute atomic E-state index is 0.0442. The summed E-state index contributed by atoms with van der Waals surface area (Å²) in [5.74, 6) is 2.22. The van der Waals surface area contributed by atoms with Gasteiger partial charge in [0.25, 0.3) is 5.91 Å². The first-order chi connectivity index (χ1) is 13.7. The second-order valence-corrected chi connectivity index (χ2v) is 7.36. The van der Waals surface area contributed by atoms with Crippen LogP contribution in [-0.4, -0.2) is 50.3 Å². The second kappa shape index (κ2) is 8.10. The third-order valence-corrected chi connectivity index (χ3v) is 5.15. The van der Waals surface area contributed by atoms with E-state index in [4.69, 9.17) is 14.2 Å². The zero-order chi connectivity index (χ0) is 19.5. The lowest BCUT2D eigenvalue weighted by Crippen LogP contribution is -2.53. The molecule has 2 fully saturated rings. The van der Waals surface area contributed by atoms with Gasteiger partial charge >= 0.3 is 0 Å². The summed E-state index contributed by atoms with van der Waals surface area (Å²) in [4.78, 5) is 14.7. The van der Waals surface area contributed by atoms with Crippen molar-refractivity contribution in [3.63, 3.8) is 0 Å². The van der Waals surface area contributed by atoms with Crippen molar-refractivity contribution in [3.8, 4) is 17.2 Å². The van der Waals surface area contributed by atoms with Crippen LogP contribution in [0.5, 0.6) is 17.2 Å². The van der Waals surface area contributed by atoms with Crippen LogP contribution in [0.2, 0.25) is 0 Å². The zero-order valence-electron chi connectivity index (χ0n) is 16.3. The molecule has 2 aliphatic rings. The van der Waals surface area contributed by atoms with E-state index >= 15 is 0 Å². The maximum atomic E-state index is 12.4. The highest BCUT2D eigenvalue weighted by atomic mass is 16.5. The number of amides is 1. The van der Waals surface area contributed by atoms with Crippen LogP contribution in [0.3, 0.4) is 0 Å². The third-order valence-electron chi connectivity index (χ3n) is 5.15. The molecule has 6 heteroatoms. The van der Waals surface area contributed by atoms with Gasteiger partial charge in [0, 0.05) is 37.3 Å². The van der Waals surface area contributed by atoms with Crippen LogP contribution in [-0.2, 0) is 6.54 Å². The molecular weight excluding hydrogens is 356 g/mol. The van der Waals surface area contributed by atoms with Gasteiger partial charge in [-0.2, -0.15) is 0 Å². The molecule has 1 heterocycles. The Morgan fingerprint density at radius 2 is 1.86 bits per heavy atom. The SMILES string of the molecule is COc1ccc(CN2CC(Oc3ccccc3C(=O)NC3CC3)C2)c(OC)c1. The van der Waals surface area contributed by atoms with Crippen LogP contribution in [0.1, 0.15) is 28.8 Å². The van der Waals surface area contributed by atoms with E-state index in [1.165, 1.54) is 0 Å². The summed E-state index contributed by atoms with van der Waals surface area (Å²) in [5, 5.41) is 3.03. The molecule has 0 spiro atoms. The van der Waals surface area contributed by atoms with E-state index in [1.807, 2.05) is 42.5 Å². The normalized spacial score (nSPS) is 16.9. The van der Waals surface area contributed by atoms with Crippen molar-refractivity contribution < 1.29 is 19.0 Å². The molecular formula is C22H26N2O4. The molecule has 2 aromatic rings. The second-order valence-electron chi connectivity index (χ2n) is 7.36. The predicted molar refractivity (Wildman–Crippen MR) is 106 cm³/mol. The average Bonchev–Trinajstić information content (AvgIpc) is 3.50. The topological polar surface area (TPSA) is 60.0 Å². The predicted octanol–water partition coefficient (Wildman–Crippen LogP) is 2.86. The van der Waals surface area contributed by atoms with E-state index < -0.39 is 0 Å². The molecule has 28 heavy (non-hydrogen) atoms. The molecule has 0 radical (unpaired) electrons. The lowest BCUT2D eigenvalue weighted by atomic mass is 10.1. The van der Waals surface area contributed by atoms with Crippen LogP contribution >= 0.6 is 0 Å². The van der Waals surface area contributed by atoms with Crippen molar-refractivity contribution in [2.24, 2.45) is 0 Å². The largest absolute Gasteiger partial charge is 0.497 e. The summed E-state index contributed by atoms with van der Waals surface area (Å²) in [6.45, 7) is 2.42. The molecule has 6 nitrogen and oxygen atoms in total. The summed E-state index contributed by atoms with van der Waals surface area (Å²) >= 11 is 0. The average molecular weight is 382 g/mol. The number of methoxy groups -OCH3 is 2. The molecule has 0 aromatic heterocycles. The van der Waals surface area contributed by atoms with Gasteiger partial charge in [0.05, 0.1) is 19.8 Å². The fourth-order valence-electron chi connectivity index (χ4n) is 3.38. The summed E-state index contributed by atoms with van der Waals surface area (Å²) < 4.78 is 16.8. The lowest BCUT2D eigenvalue weighted by Gasteiger charge is -2.39. The monoisotopic (exact) mass is 382 g/mol. The smallest absolute Gasteiger partial charge is 0.255 e. The van der Waals surface area contributed by atoms with Crippen LogP contribution in [0.15, 0.2) is 42.5 Å². The molecule has 1 saturated carbocycles. The van der Waals surface area contributed by atoms with Crippen molar-refractivity contribution >= 4 is 5.91 Å². The number of hydrogen-bond acceptors (Lipinski definition) is 5. The molecule has 148 valence electrons. The van der Waals surface area contributed by atoms with Gasteiger partial charge in [0.1, 0.15) is 23.4 Å². The first-order valence-corrected chi connectivity index (χ1v) is 9.66. The van der Waals surface area contributed by atoms with Gasteiger partial charge in [-0.1, -0.05) is 18.2 Å². The molecule has 1 aliphatic heterocycles. The molecule has 1 N–H and O–H groups in total. The van der Waals surface area contributed by atoms with Gasteiger partial charge in [0.2, 0.25) is 0 Å². The van der Waals surface area contributed by atoms with Crippen molar-refractivity contribution in [1.82, 2.24) is 10.2 Å². The van der Waals surface area contributed by atoms with E-state index in [2.05, 4.69) is 10.2 Å². The molecule has 0 unspecified atom stereocenters.